The van der Waals surface area contributed by atoms with Gasteiger partial charge in [0.1, 0.15) is 18.5 Å². The molecule has 2 rings (SSSR count). The smallest absolute Gasteiger partial charge is 0.208 e. The number of benzene rings is 2. The van der Waals surface area contributed by atoms with Crippen LogP contribution in [0, 0.1) is 5.92 Å². The van der Waals surface area contributed by atoms with E-state index in [0.717, 1.165) is 17.4 Å². The molecule has 0 fully saturated rings. The molecule has 2 aromatic carbocycles. The number of aliphatic hydroxyl groups excluding tert-OH is 1. The molecule has 0 saturated carbocycles. The lowest BCUT2D eigenvalue weighted by Crippen LogP contribution is -2.34. The van der Waals surface area contributed by atoms with Crippen LogP contribution in [-0.2, 0) is 15.4 Å². The van der Waals surface area contributed by atoms with Gasteiger partial charge >= 0.3 is 0 Å². The lowest BCUT2D eigenvalue weighted by atomic mass is 9.78. The van der Waals surface area contributed by atoms with E-state index in [1.807, 2.05) is 31.2 Å². The first-order valence-corrected chi connectivity index (χ1v) is 13.6. The average Bonchev–Trinajstić information content (AvgIpc) is 2.75. The fourth-order valence-electron chi connectivity index (χ4n) is 2.96. The van der Waals surface area contributed by atoms with Gasteiger partial charge in [0.25, 0.3) is 0 Å². The molecule has 0 aliphatic heterocycles. The number of rotatable bonds is 12. The fourth-order valence-corrected chi connectivity index (χ4v) is 4.14. The number of nitrogens with one attached hydrogen (secondary N) is 1. The summed E-state index contributed by atoms with van der Waals surface area (Å²) in [7, 11) is -3.37. The van der Waals surface area contributed by atoms with Crippen LogP contribution in [0.25, 0.3) is 0 Å². The van der Waals surface area contributed by atoms with E-state index in [1.54, 1.807) is 12.1 Å². The Morgan fingerprint density at radius 2 is 1.61 bits per heavy atom. The van der Waals surface area contributed by atoms with Crippen molar-refractivity contribution >= 4 is 44.8 Å². The molecule has 10 heteroatoms. The first kappa shape index (κ1) is 28.0. The Bertz CT molecular complexity index is 1010. The van der Waals surface area contributed by atoms with Gasteiger partial charge in [-0.2, -0.15) is 0 Å². The highest BCUT2D eigenvalue weighted by Crippen LogP contribution is 2.40. The molecule has 0 spiro atoms. The third kappa shape index (κ3) is 8.50. The van der Waals surface area contributed by atoms with Crippen LogP contribution in [-0.4, -0.2) is 51.5 Å². The van der Waals surface area contributed by atoms with E-state index in [4.69, 9.17) is 44.3 Å². The van der Waals surface area contributed by atoms with Gasteiger partial charge in [-0.1, -0.05) is 56.1 Å². The van der Waals surface area contributed by atoms with E-state index in [0.29, 0.717) is 34.0 Å². The van der Waals surface area contributed by atoms with E-state index in [9.17, 15) is 13.5 Å². The summed E-state index contributed by atoms with van der Waals surface area (Å²) in [4.78, 5) is 0. The van der Waals surface area contributed by atoms with E-state index >= 15 is 0 Å². The summed E-state index contributed by atoms with van der Waals surface area (Å²) in [6.45, 7) is 6.36. The van der Waals surface area contributed by atoms with Crippen LogP contribution in [0.2, 0.25) is 10.0 Å². The van der Waals surface area contributed by atoms with Crippen LogP contribution in [0.4, 0.5) is 0 Å². The molecule has 184 valence electrons. The van der Waals surface area contributed by atoms with Crippen molar-refractivity contribution in [3.8, 4) is 11.5 Å². The van der Waals surface area contributed by atoms with Crippen LogP contribution in [0.1, 0.15) is 31.9 Å². The Labute approximate surface area is 211 Å². The summed E-state index contributed by atoms with van der Waals surface area (Å²) in [6, 6.07) is 11.1. The van der Waals surface area contributed by atoms with Crippen molar-refractivity contribution < 1.29 is 23.0 Å². The lowest BCUT2D eigenvalue weighted by Gasteiger charge is -2.27. The van der Waals surface area contributed by atoms with Crippen LogP contribution in [0.5, 0.6) is 11.5 Å². The molecule has 0 saturated heterocycles. The molecule has 33 heavy (non-hydrogen) atoms. The number of hydrogen-bond donors (Lipinski definition) is 2. The first-order valence-electron chi connectivity index (χ1n) is 10.4. The third-order valence-corrected chi connectivity index (χ3v) is 6.87. The van der Waals surface area contributed by atoms with Crippen LogP contribution in [0.3, 0.4) is 0 Å². The summed E-state index contributed by atoms with van der Waals surface area (Å²) in [6.07, 6.45) is 0.0673. The summed E-state index contributed by atoms with van der Waals surface area (Å²) < 4.78 is 35.8. The van der Waals surface area contributed by atoms with Crippen molar-refractivity contribution in [2.24, 2.45) is 5.92 Å². The number of ether oxygens (including phenoxy) is 2. The molecule has 0 unspecified atom stereocenters. The highest BCUT2D eigenvalue weighted by molar-refractivity contribution is 7.88. The molecular weight excluding hydrogens is 509 g/mol. The van der Waals surface area contributed by atoms with Crippen molar-refractivity contribution in [3.05, 3.63) is 57.6 Å². The molecule has 0 amide bonds. The molecule has 0 bridgehead atoms. The maximum atomic E-state index is 11.1. The van der Waals surface area contributed by atoms with Crippen molar-refractivity contribution in [1.29, 1.82) is 0 Å². The second-order valence-electron chi connectivity index (χ2n) is 8.57. The molecule has 2 N–H and O–H groups in total. The number of hydrogen-bond acceptors (Lipinski definition) is 5. The van der Waals surface area contributed by atoms with E-state index in [2.05, 4.69) is 18.6 Å². The predicted molar refractivity (Wildman–Crippen MR) is 135 cm³/mol. The number of aliphatic hydroxyl groups is 1. The quantitative estimate of drug-likeness (QED) is 0.377. The van der Waals surface area contributed by atoms with Crippen LogP contribution >= 0.6 is 34.8 Å². The Morgan fingerprint density at radius 3 is 2.12 bits per heavy atom. The highest BCUT2D eigenvalue weighted by atomic mass is 35.5. The zero-order valence-electron chi connectivity index (χ0n) is 19.1. The molecule has 0 aromatic heterocycles. The first-order chi connectivity index (χ1) is 15.3. The van der Waals surface area contributed by atoms with Gasteiger partial charge in [0.2, 0.25) is 10.0 Å². The molecule has 0 radical (unpaired) electrons. The van der Waals surface area contributed by atoms with Gasteiger partial charge < -0.3 is 14.6 Å². The molecular formula is C23H30Cl3NO5S. The van der Waals surface area contributed by atoms with E-state index < -0.39 is 21.5 Å². The summed E-state index contributed by atoms with van der Waals surface area (Å²) in [5, 5.41) is 10.7. The van der Waals surface area contributed by atoms with Gasteiger partial charge in [-0.25, -0.2) is 13.1 Å². The molecule has 2 aromatic rings. The standard InChI is InChI=1S/C23H30Cl3NO5S/c1-15(11-24)13-32-22-20(25)9-17(10-21(22)26)23(2,3)16-5-7-19(8-6-16)31-14-18(28)12-27-33(4,29)30/h5-10,15,18,27-28H,11-14H2,1-4H3/t15-,18+/m1/s1. The maximum absolute atomic E-state index is 11.1. The predicted octanol–water partition coefficient (Wildman–Crippen LogP) is 4.86. The molecule has 6 nitrogen and oxygen atoms in total. The van der Waals surface area contributed by atoms with Crippen molar-refractivity contribution in [1.82, 2.24) is 4.72 Å². The average molecular weight is 539 g/mol. The topological polar surface area (TPSA) is 84.9 Å². The summed E-state index contributed by atoms with van der Waals surface area (Å²) in [5.41, 5.74) is 1.52. The normalized spacial score (nSPS) is 14.1. The fraction of sp³-hybridized carbons (Fsp3) is 0.478. The van der Waals surface area contributed by atoms with E-state index in [1.165, 1.54) is 0 Å². The zero-order valence-corrected chi connectivity index (χ0v) is 22.2. The number of alkyl halides is 1. The lowest BCUT2D eigenvalue weighted by molar-refractivity contribution is 0.111. The number of halogens is 3. The second-order valence-corrected chi connectivity index (χ2v) is 11.5. The highest BCUT2D eigenvalue weighted by Gasteiger charge is 2.26. The van der Waals surface area contributed by atoms with Gasteiger partial charge in [-0.15, -0.1) is 11.6 Å². The minimum Gasteiger partial charge on any atom is -0.491 e. The van der Waals surface area contributed by atoms with Crippen LogP contribution < -0.4 is 14.2 Å². The number of sulfonamides is 1. The Morgan fingerprint density at radius 1 is 1.03 bits per heavy atom. The monoisotopic (exact) mass is 537 g/mol. The Hall–Kier alpha value is -1.22. The minimum absolute atomic E-state index is 0.0414. The van der Waals surface area contributed by atoms with Gasteiger partial charge in [0, 0.05) is 23.8 Å². The van der Waals surface area contributed by atoms with E-state index in [-0.39, 0.29) is 19.1 Å². The third-order valence-electron chi connectivity index (χ3n) is 5.10. The van der Waals surface area contributed by atoms with Crippen molar-refractivity contribution in [3.63, 3.8) is 0 Å². The second kappa shape index (κ2) is 12.0. The maximum Gasteiger partial charge on any atom is 0.208 e. The SMILES string of the molecule is C[C@H](CCl)COc1c(Cl)cc(C(C)(C)c2ccc(OC[C@@H](O)CNS(C)(=O)=O)cc2)cc1Cl. The summed E-state index contributed by atoms with van der Waals surface area (Å²) in [5.74, 6) is 1.66. The Balaban J connectivity index is 2.09. The minimum atomic E-state index is -3.37. The summed E-state index contributed by atoms with van der Waals surface area (Å²) >= 11 is 18.8. The Kier molecular flexibility index (Phi) is 10.2. The van der Waals surface area contributed by atoms with Gasteiger partial charge in [0.05, 0.1) is 22.9 Å². The zero-order chi connectivity index (χ0) is 24.8. The largest absolute Gasteiger partial charge is 0.491 e. The molecule has 0 aliphatic rings. The molecule has 0 heterocycles. The van der Waals surface area contributed by atoms with Crippen LogP contribution in [0.15, 0.2) is 36.4 Å². The van der Waals surface area contributed by atoms with Gasteiger partial charge in [0.15, 0.2) is 5.75 Å². The molecule has 0 aliphatic carbocycles. The van der Waals surface area contributed by atoms with Gasteiger partial charge in [-0.05, 0) is 35.4 Å². The van der Waals surface area contributed by atoms with Crippen molar-refractivity contribution in [2.75, 3.05) is 31.9 Å². The van der Waals surface area contributed by atoms with Crippen molar-refractivity contribution in [2.45, 2.75) is 32.3 Å². The van der Waals surface area contributed by atoms with Gasteiger partial charge in [-0.3, -0.25) is 0 Å². The molecule has 2 atom stereocenters.